The molecule has 0 unspecified atom stereocenters. The van der Waals surface area contributed by atoms with E-state index in [0.717, 1.165) is 40.3 Å². The van der Waals surface area contributed by atoms with E-state index in [2.05, 4.69) is 17.6 Å². The van der Waals surface area contributed by atoms with Gasteiger partial charge in [-0.25, -0.2) is 4.79 Å². The van der Waals surface area contributed by atoms with Crippen LogP contribution in [-0.2, 0) is 12.8 Å². The van der Waals surface area contributed by atoms with Crippen molar-refractivity contribution in [2.45, 2.75) is 32.7 Å². The number of rotatable bonds is 4. The van der Waals surface area contributed by atoms with Crippen LogP contribution in [0, 0.1) is 6.92 Å². The third-order valence-corrected chi connectivity index (χ3v) is 4.49. The first-order valence-corrected chi connectivity index (χ1v) is 8.56. The monoisotopic (exact) mass is 340 g/mol. The summed E-state index contributed by atoms with van der Waals surface area (Å²) in [6, 6.07) is 11.5. The van der Waals surface area contributed by atoms with Crippen LogP contribution >= 0.6 is 0 Å². The highest BCUT2D eigenvalue weighted by atomic mass is 16.5. The molecular weight excluding hydrogens is 316 g/mol. The van der Waals surface area contributed by atoms with E-state index in [4.69, 9.17) is 9.47 Å². The number of nitrogens with one attached hydrogen (secondary N) is 2. The molecule has 1 aliphatic heterocycles. The molecule has 2 N–H and O–H groups in total. The highest BCUT2D eigenvalue weighted by Crippen LogP contribution is 2.28. The van der Waals surface area contributed by atoms with Gasteiger partial charge in [0.25, 0.3) is 0 Å². The van der Waals surface area contributed by atoms with Crippen LogP contribution < -0.4 is 20.1 Å². The van der Waals surface area contributed by atoms with E-state index in [1.807, 2.05) is 43.3 Å². The highest BCUT2D eigenvalue weighted by molar-refractivity contribution is 5.91. The molecule has 0 bridgehead atoms. The third kappa shape index (κ3) is 3.87. The van der Waals surface area contributed by atoms with E-state index >= 15 is 0 Å². The van der Waals surface area contributed by atoms with Gasteiger partial charge in [0.15, 0.2) is 0 Å². The molecule has 0 aromatic heterocycles. The number of para-hydroxylation sites is 1. The minimum Gasteiger partial charge on any atom is -0.497 e. The molecule has 0 fully saturated rings. The van der Waals surface area contributed by atoms with Crippen LogP contribution in [0.4, 0.5) is 10.5 Å². The maximum atomic E-state index is 12.4. The molecule has 1 atom stereocenters. The first-order valence-electron chi connectivity index (χ1n) is 8.56. The van der Waals surface area contributed by atoms with Gasteiger partial charge in [-0.3, -0.25) is 0 Å². The molecule has 0 saturated heterocycles. The van der Waals surface area contributed by atoms with Crippen LogP contribution in [0.2, 0.25) is 0 Å². The van der Waals surface area contributed by atoms with Crippen molar-refractivity contribution in [2.75, 3.05) is 19.0 Å². The fraction of sp³-hybridized carbons (Fsp3) is 0.350. The number of urea groups is 1. The second-order valence-corrected chi connectivity index (χ2v) is 6.25. The number of methoxy groups -OCH3 is 1. The lowest BCUT2D eigenvalue weighted by Crippen LogP contribution is -2.44. The minimum atomic E-state index is -0.205. The van der Waals surface area contributed by atoms with E-state index < -0.39 is 0 Å². The van der Waals surface area contributed by atoms with Gasteiger partial charge in [-0.1, -0.05) is 25.1 Å². The Morgan fingerprint density at radius 1 is 1.32 bits per heavy atom. The molecule has 132 valence electrons. The molecule has 0 radical (unpaired) electrons. The molecule has 25 heavy (non-hydrogen) atoms. The van der Waals surface area contributed by atoms with Gasteiger partial charge in [-0.15, -0.1) is 0 Å². The fourth-order valence-electron chi connectivity index (χ4n) is 3.13. The molecule has 0 spiro atoms. The van der Waals surface area contributed by atoms with Crippen molar-refractivity contribution in [1.29, 1.82) is 0 Å². The van der Waals surface area contributed by atoms with Crippen molar-refractivity contribution in [1.82, 2.24) is 5.32 Å². The van der Waals surface area contributed by atoms with Crippen LogP contribution in [0.5, 0.6) is 11.5 Å². The third-order valence-electron chi connectivity index (χ3n) is 4.49. The zero-order valence-corrected chi connectivity index (χ0v) is 14.9. The van der Waals surface area contributed by atoms with Gasteiger partial charge in [0, 0.05) is 5.69 Å². The molecule has 5 heteroatoms. The lowest BCUT2D eigenvalue weighted by Gasteiger charge is -2.26. The summed E-state index contributed by atoms with van der Waals surface area (Å²) >= 11 is 0. The number of hydrogen-bond donors (Lipinski definition) is 2. The Morgan fingerprint density at radius 2 is 2.16 bits per heavy atom. The SMILES string of the molecule is CCc1cccc(C)c1NC(=O)N[C@@H]1COc2ccc(OC)cc2C1. The Balaban J connectivity index is 1.66. The predicted octanol–water partition coefficient (Wildman–Crippen LogP) is 3.69. The summed E-state index contributed by atoms with van der Waals surface area (Å²) in [4.78, 5) is 12.4. The summed E-state index contributed by atoms with van der Waals surface area (Å²) in [5.74, 6) is 1.64. The van der Waals surface area contributed by atoms with Crippen LogP contribution in [-0.4, -0.2) is 25.8 Å². The molecule has 1 aliphatic rings. The van der Waals surface area contributed by atoms with E-state index in [0.29, 0.717) is 13.0 Å². The van der Waals surface area contributed by atoms with Crippen molar-refractivity contribution >= 4 is 11.7 Å². The number of amides is 2. The Kier molecular flexibility index (Phi) is 5.12. The topological polar surface area (TPSA) is 59.6 Å². The first kappa shape index (κ1) is 17.1. The van der Waals surface area contributed by atoms with Gasteiger partial charge < -0.3 is 20.1 Å². The summed E-state index contributed by atoms with van der Waals surface area (Å²) in [5, 5.41) is 6.00. The summed E-state index contributed by atoms with van der Waals surface area (Å²) in [5.41, 5.74) is 4.12. The van der Waals surface area contributed by atoms with Crippen LogP contribution in [0.3, 0.4) is 0 Å². The Hall–Kier alpha value is -2.69. The summed E-state index contributed by atoms with van der Waals surface area (Å²) in [6.07, 6.45) is 1.59. The lowest BCUT2D eigenvalue weighted by molar-refractivity contribution is 0.222. The van der Waals surface area contributed by atoms with Crippen molar-refractivity contribution < 1.29 is 14.3 Å². The van der Waals surface area contributed by atoms with Crippen LogP contribution in [0.15, 0.2) is 36.4 Å². The molecule has 5 nitrogen and oxygen atoms in total. The fourth-order valence-corrected chi connectivity index (χ4v) is 3.13. The van der Waals surface area contributed by atoms with Gasteiger partial charge in [-0.2, -0.15) is 0 Å². The van der Waals surface area contributed by atoms with Crippen molar-refractivity contribution in [2.24, 2.45) is 0 Å². The number of carbonyl (C=O) groups is 1. The van der Waals surface area contributed by atoms with Gasteiger partial charge >= 0.3 is 6.03 Å². The molecule has 1 heterocycles. The zero-order valence-electron chi connectivity index (χ0n) is 14.9. The molecule has 0 aliphatic carbocycles. The van der Waals surface area contributed by atoms with Gasteiger partial charge in [0.05, 0.1) is 13.2 Å². The lowest BCUT2D eigenvalue weighted by atomic mass is 10.0. The van der Waals surface area contributed by atoms with Crippen molar-refractivity contribution in [3.8, 4) is 11.5 Å². The maximum absolute atomic E-state index is 12.4. The highest BCUT2D eigenvalue weighted by Gasteiger charge is 2.22. The van der Waals surface area contributed by atoms with E-state index in [9.17, 15) is 4.79 Å². The summed E-state index contributed by atoms with van der Waals surface area (Å²) in [7, 11) is 1.64. The molecular formula is C20H24N2O3. The van der Waals surface area contributed by atoms with E-state index in [1.54, 1.807) is 7.11 Å². The molecule has 2 amide bonds. The van der Waals surface area contributed by atoms with Crippen molar-refractivity contribution in [3.63, 3.8) is 0 Å². The van der Waals surface area contributed by atoms with Crippen LogP contribution in [0.25, 0.3) is 0 Å². The number of anilines is 1. The Labute approximate surface area is 148 Å². The van der Waals surface area contributed by atoms with Crippen LogP contribution in [0.1, 0.15) is 23.6 Å². The summed E-state index contributed by atoms with van der Waals surface area (Å²) in [6.45, 7) is 4.54. The first-order chi connectivity index (χ1) is 12.1. The van der Waals surface area contributed by atoms with Gasteiger partial charge in [-0.05, 0) is 54.7 Å². The average molecular weight is 340 g/mol. The van der Waals surface area contributed by atoms with E-state index in [-0.39, 0.29) is 12.1 Å². The second-order valence-electron chi connectivity index (χ2n) is 6.25. The minimum absolute atomic E-state index is 0.0753. The maximum Gasteiger partial charge on any atom is 0.319 e. The largest absolute Gasteiger partial charge is 0.497 e. The molecule has 2 aromatic rings. The predicted molar refractivity (Wildman–Crippen MR) is 98.7 cm³/mol. The van der Waals surface area contributed by atoms with Gasteiger partial charge in [0.1, 0.15) is 18.1 Å². The average Bonchev–Trinajstić information content (AvgIpc) is 2.62. The number of benzene rings is 2. The quantitative estimate of drug-likeness (QED) is 0.892. The zero-order chi connectivity index (χ0) is 17.8. The van der Waals surface area contributed by atoms with E-state index in [1.165, 1.54) is 0 Å². The standard InChI is InChI=1S/C20H24N2O3/c1-4-14-7-5-6-13(2)19(14)22-20(23)21-16-10-15-11-17(24-3)8-9-18(15)25-12-16/h5-9,11,16H,4,10,12H2,1-3H3,(H2,21,22,23)/t16-/m0/s1. The number of ether oxygens (including phenoxy) is 2. The second kappa shape index (κ2) is 7.47. The normalized spacial score (nSPS) is 15.7. The number of fused-ring (bicyclic) bond motifs is 1. The molecule has 2 aromatic carbocycles. The van der Waals surface area contributed by atoms with Crippen molar-refractivity contribution in [3.05, 3.63) is 53.1 Å². The molecule has 0 saturated carbocycles. The number of carbonyl (C=O) groups excluding carboxylic acids is 1. The Bertz CT molecular complexity index is 774. The Morgan fingerprint density at radius 3 is 2.92 bits per heavy atom. The summed E-state index contributed by atoms with van der Waals surface area (Å²) < 4.78 is 11.0. The molecule has 3 rings (SSSR count). The van der Waals surface area contributed by atoms with Gasteiger partial charge in [0.2, 0.25) is 0 Å². The number of hydrogen-bond acceptors (Lipinski definition) is 3. The smallest absolute Gasteiger partial charge is 0.319 e. The number of aryl methyl sites for hydroxylation is 2.